The average molecular weight is 567 g/mol. The number of hydrogen-bond acceptors (Lipinski definition) is 11. The first kappa shape index (κ1) is 36.3. The zero-order valence-corrected chi connectivity index (χ0v) is 22.4. The molecule has 0 amide bonds. The quantitative estimate of drug-likeness (QED) is 0.182. The smallest absolute Gasteiger partial charge is 0.511 e. The molecule has 38 heavy (non-hydrogen) atoms. The number of Topliss-reactive ketones (excluding diaryl/α,β-unsaturated/α-hetero) is 2. The van der Waals surface area contributed by atoms with Gasteiger partial charge in [0.15, 0.2) is 11.6 Å². The second-order valence-electron chi connectivity index (χ2n) is 6.73. The summed E-state index contributed by atoms with van der Waals surface area (Å²) in [6, 6.07) is 12.4. The summed E-state index contributed by atoms with van der Waals surface area (Å²) in [5, 5.41) is 0. The fraction of sp³-hybridized carbons (Fsp3) is 0.333. The van der Waals surface area contributed by atoms with Crippen LogP contribution in [0.5, 0.6) is 0 Å². The summed E-state index contributed by atoms with van der Waals surface area (Å²) in [4.78, 5) is 53.3. The molecule has 0 unspecified atom stereocenters. The van der Waals surface area contributed by atoms with Gasteiger partial charge in [0.05, 0.1) is 17.7 Å². The van der Waals surface area contributed by atoms with Gasteiger partial charge in [-0.05, 0) is 38.1 Å². The molecule has 2 rings (SSSR count). The van der Waals surface area contributed by atoms with Gasteiger partial charge in [-0.3, -0.25) is 23.0 Å². The number of rotatable bonds is 11. The molecule has 0 fully saturated rings. The maximum Gasteiger partial charge on any atom is 0.764 e. The van der Waals surface area contributed by atoms with Crippen LogP contribution < -0.4 is 0 Å². The molecule has 206 valence electrons. The van der Waals surface area contributed by atoms with Gasteiger partial charge in [-0.1, -0.05) is 31.7 Å². The molecule has 2 aromatic rings. The van der Waals surface area contributed by atoms with E-state index in [4.69, 9.17) is 27.9 Å². The topological polar surface area (TPSA) is 177 Å². The van der Waals surface area contributed by atoms with Crippen LogP contribution in [-0.4, -0.2) is 80.3 Å². The number of carbonyl (C=O) groups is 4. The molecule has 12 nitrogen and oxygen atoms in total. The Bertz CT molecular complexity index is 1080. The summed E-state index contributed by atoms with van der Waals surface area (Å²) >= 11 is 0. The highest BCUT2D eigenvalue weighted by Crippen LogP contribution is 2.07. The highest BCUT2D eigenvalue weighted by atomic mass is 28.3. The van der Waals surface area contributed by atoms with E-state index in [2.05, 4.69) is 4.43 Å². The van der Waals surface area contributed by atoms with E-state index < -0.39 is 30.4 Å². The van der Waals surface area contributed by atoms with Crippen LogP contribution >= 0.6 is 0 Å². The largest absolute Gasteiger partial charge is 0.764 e. The summed E-state index contributed by atoms with van der Waals surface area (Å²) in [6.07, 6.45) is 0. The lowest BCUT2D eigenvalue weighted by molar-refractivity contribution is 0.0387. The van der Waals surface area contributed by atoms with Crippen LogP contribution in [0.2, 0.25) is 0 Å². The van der Waals surface area contributed by atoms with E-state index in [0.29, 0.717) is 28.9 Å². The van der Waals surface area contributed by atoms with Crippen molar-refractivity contribution in [3.63, 3.8) is 0 Å². The second kappa shape index (κ2) is 21.2. The molecular formula is C24H30O12Si2. The normalized spacial score (nSPS) is 8.92. The lowest BCUT2D eigenvalue weighted by Gasteiger charge is -2.04. The standard InChI is InChI=1S/C12H14O4.C11H12O6Si.CH4.O2Si/c1-9(13)10-3-5-11(6-4-10)12(14)16-8-7-15-2;1-8(12)9-2-4-10(5-3-9)11(13)16-6-7-17-18(14)15;;1-3-2/h3-6H,7-8H2,1-2H3;2-5,14H,6-7H2,1H3;1H4;. The van der Waals surface area contributed by atoms with E-state index in [1.807, 2.05) is 0 Å². The first-order chi connectivity index (χ1) is 17.6. The fourth-order valence-electron chi connectivity index (χ4n) is 2.33. The summed E-state index contributed by atoms with van der Waals surface area (Å²) in [7, 11) is -2.87. The van der Waals surface area contributed by atoms with Crippen LogP contribution in [0, 0.1) is 0 Å². The Hall–Kier alpha value is -3.89. The van der Waals surface area contributed by atoms with Crippen molar-refractivity contribution in [2.45, 2.75) is 21.3 Å². The van der Waals surface area contributed by atoms with E-state index in [0.717, 1.165) is 0 Å². The average Bonchev–Trinajstić information content (AvgIpc) is 2.87. The van der Waals surface area contributed by atoms with Gasteiger partial charge in [-0.2, -0.15) is 0 Å². The minimum atomic E-state index is -2.99. The third kappa shape index (κ3) is 16.0. The van der Waals surface area contributed by atoms with Crippen molar-refractivity contribution in [3.05, 3.63) is 70.8 Å². The Morgan fingerprint density at radius 2 is 1.03 bits per heavy atom. The molecular weight excluding hydrogens is 536 g/mol. The number of hydrogen-bond donors (Lipinski definition) is 1. The van der Waals surface area contributed by atoms with Gasteiger partial charge < -0.3 is 23.4 Å². The van der Waals surface area contributed by atoms with Crippen molar-refractivity contribution in [2.75, 3.05) is 33.5 Å². The third-order valence-corrected chi connectivity index (χ3v) is 4.57. The van der Waals surface area contributed by atoms with Crippen molar-refractivity contribution in [1.29, 1.82) is 0 Å². The van der Waals surface area contributed by atoms with Crippen molar-refractivity contribution >= 4 is 42.0 Å². The molecule has 0 aliphatic rings. The highest BCUT2D eigenvalue weighted by Gasteiger charge is 2.09. The Kier molecular flexibility index (Phi) is 20.3. The van der Waals surface area contributed by atoms with E-state index in [9.17, 15) is 23.6 Å². The zero-order chi connectivity index (χ0) is 28.2. The number of benzene rings is 2. The van der Waals surface area contributed by atoms with Crippen LogP contribution in [0.15, 0.2) is 48.5 Å². The van der Waals surface area contributed by atoms with Crippen LogP contribution in [0.1, 0.15) is 62.7 Å². The van der Waals surface area contributed by atoms with Crippen LogP contribution in [0.25, 0.3) is 0 Å². The van der Waals surface area contributed by atoms with Gasteiger partial charge in [0, 0.05) is 18.2 Å². The van der Waals surface area contributed by atoms with Crippen LogP contribution in [-0.2, 0) is 32.0 Å². The van der Waals surface area contributed by atoms with Gasteiger partial charge >= 0.3 is 30.4 Å². The van der Waals surface area contributed by atoms with Gasteiger partial charge in [0.2, 0.25) is 0 Å². The lowest BCUT2D eigenvalue weighted by atomic mass is 10.1. The van der Waals surface area contributed by atoms with E-state index in [-0.39, 0.29) is 38.8 Å². The van der Waals surface area contributed by atoms with Crippen LogP contribution in [0.4, 0.5) is 0 Å². The zero-order valence-electron chi connectivity index (χ0n) is 20.4. The maximum absolute atomic E-state index is 11.5. The number of ketones is 2. The lowest BCUT2D eigenvalue weighted by Crippen LogP contribution is -2.14. The van der Waals surface area contributed by atoms with Crippen molar-refractivity contribution < 1.29 is 56.0 Å². The maximum atomic E-state index is 11.5. The van der Waals surface area contributed by atoms with E-state index in [1.54, 1.807) is 24.3 Å². The molecule has 0 atom stereocenters. The Labute approximate surface area is 223 Å². The summed E-state index contributed by atoms with van der Waals surface area (Å²) in [5.74, 6) is -1.10. The van der Waals surface area contributed by atoms with Gasteiger partial charge in [0.1, 0.15) is 19.8 Å². The molecule has 1 N–H and O–H groups in total. The molecule has 14 heteroatoms. The molecule has 0 spiro atoms. The summed E-state index contributed by atoms with van der Waals surface area (Å²) < 4.78 is 45.8. The van der Waals surface area contributed by atoms with Gasteiger partial charge in [0.25, 0.3) is 0 Å². The molecule has 0 saturated heterocycles. The Morgan fingerprint density at radius 1 is 0.711 bits per heavy atom. The fourth-order valence-corrected chi connectivity index (χ4v) is 2.59. The van der Waals surface area contributed by atoms with E-state index in [1.165, 1.54) is 45.2 Å². The third-order valence-electron chi connectivity index (χ3n) is 4.12. The number of ether oxygens (including phenoxy) is 3. The first-order valence-corrected chi connectivity index (χ1v) is 12.6. The minimum Gasteiger partial charge on any atom is -0.511 e. The van der Waals surface area contributed by atoms with Gasteiger partial charge in [-0.25, -0.2) is 9.59 Å². The molecule has 0 aliphatic carbocycles. The summed E-state index contributed by atoms with van der Waals surface area (Å²) in [5.41, 5.74) is 1.82. The molecule has 0 bridgehead atoms. The number of carbonyl (C=O) groups excluding carboxylic acids is 4. The Balaban J connectivity index is 0. The minimum absolute atomic E-state index is 0. The monoisotopic (exact) mass is 566 g/mol. The molecule has 2 aromatic carbocycles. The van der Waals surface area contributed by atoms with Gasteiger partial charge in [-0.15, -0.1) is 0 Å². The second-order valence-corrected chi connectivity index (χ2v) is 7.72. The molecule has 0 heterocycles. The molecule has 0 saturated carbocycles. The molecule has 0 aliphatic heterocycles. The predicted octanol–water partition coefficient (Wildman–Crippen LogP) is 2.18. The number of esters is 2. The number of methoxy groups -OCH3 is 1. The Morgan fingerprint density at radius 3 is 1.32 bits per heavy atom. The van der Waals surface area contributed by atoms with Crippen molar-refractivity contribution in [2.24, 2.45) is 0 Å². The first-order valence-electron chi connectivity index (χ1n) is 10.5. The molecule has 0 aromatic heterocycles. The van der Waals surface area contributed by atoms with Crippen LogP contribution in [0.3, 0.4) is 0 Å². The highest BCUT2D eigenvalue weighted by molar-refractivity contribution is 6.24. The SMILES string of the molecule is C.CC(=O)c1ccc(C(=O)OCCO[Si](=O)O)cc1.COCCOC(=O)c1ccc(C(C)=O)cc1.O=[Si]=O. The van der Waals surface area contributed by atoms with Crippen molar-refractivity contribution in [3.8, 4) is 0 Å². The summed E-state index contributed by atoms with van der Waals surface area (Å²) in [6.45, 7) is 3.27. The van der Waals surface area contributed by atoms with Crippen molar-refractivity contribution in [1.82, 2.24) is 0 Å². The predicted molar refractivity (Wildman–Crippen MR) is 134 cm³/mol. The molecule has 0 radical (unpaired) electrons. The van der Waals surface area contributed by atoms with E-state index >= 15 is 0 Å².